The van der Waals surface area contributed by atoms with E-state index in [-0.39, 0.29) is 5.91 Å². The van der Waals surface area contributed by atoms with E-state index < -0.39 is 10.0 Å². The van der Waals surface area contributed by atoms with Gasteiger partial charge >= 0.3 is 0 Å². The van der Waals surface area contributed by atoms with Gasteiger partial charge in [0.1, 0.15) is 0 Å². The first kappa shape index (κ1) is 21.3. The number of nitrogens with zero attached hydrogens (tertiary/aromatic N) is 3. The molecule has 0 spiro atoms. The predicted molar refractivity (Wildman–Crippen MR) is 120 cm³/mol. The number of nitrogens with one attached hydrogen (secondary N) is 1. The van der Waals surface area contributed by atoms with Gasteiger partial charge in [0.15, 0.2) is 0 Å². The standard InChI is InChI=1S/C23H26N4O3S/c28-23(25-20-7-9-21(10-8-20)26-17-14-24-18-26)13-6-19-4-11-22(12-5-19)31(29,30)27-15-2-1-3-16-27/h4-5,7-12,14,17-18H,1-3,6,13,15-16H2,(H,25,28). The lowest BCUT2D eigenvalue weighted by atomic mass is 10.1. The van der Waals surface area contributed by atoms with Crippen molar-refractivity contribution in [2.45, 2.75) is 37.0 Å². The van der Waals surface area contributed by atoms with E-state index in [1.165, 1.54) is 0 Å². The molecule has 0 unspecified atom stereocenters. The summed E-state index contributed by atoms with van der Waals surface area (Å²) in [5, 5.41) is 2.90. The maximum atomic E-state index is 12.7. The van der Waals surface area contributed by atoms with Gasteiger partial charge in [-0.2, -0.15) is 4.31 Å². The summed E-state index contributed by atoms with van der Waals surface area (Å²) >= 11 is 0. The van der Waals surface area contributed by atoms with Gasteiger partial charge in [-0.25, -0.2) is 13.4 Å². The number of hydrogen-bond acceptors (Lipinski definition) is 4. The van der Waals surface area contributed by atoms with E-state index in [9.17, 15) is 13.2 Å². The summed E-state index contributed by atoms with van der Waals surface area (Å²) in [4.78, 5) is 16.6. The number of amides is 1. The molecule has 1 aromatic heterocycles. The van der Waals surface area contributed by atoms with E-state index in [1.807, 2.05) is 35.0 Å². The fourth-order valence-corrected chi connectivity index (χ4v) is 5.21. The Kier molecular flexibility index (Phi) is 6.48. The molecular formula is C23H26N4O3S. The normalized spacial score (nSPS) is 15.0. The molecule has 0 bridgehead atoms. The zero-order valence-corrected chi connectivity index (χ0v) is 18.1. The number of carbonyl (C=O) groups excluding carboxylic acids is 1. The number of piperidine rings is 1. The third-order valence-corrected chi connectivity index (χ3v) is 7.38. The summed E-state index contributed by atoms with van der Waals surface area (Å²) in [5.41, 5.74) is 2.63. The van der Waals surface area contributed by atoms with Gasteiger partial charge in [0.2, 0.25) is 15.9 Å². The molecule has 0 aliphatic carbocycles. The third-order valence-electron chi connectivity index (χ3n) is 5.47. The molecule has 162 valence electrons. The van der Waals surface area contributed by atoms with Gasteiger partial charge in [-0.1, -0.05) is 18.6 Å². The second kappa shape index (κ2) is 9.45. The van der Waals surface area contributed by atoms with E-state index >= 15 is 0 Å². The first-order valence-electron chi connectivity index (χ1n) is 10.5. The number of benzene rings is 2. The van der Waals surface area contributed by atoms with Crippen LogP contribution in [0.4, 0.5) is 5.69 Å². The van der Waals surface area contributed by atoms with E-state index in [1.54, 1.807) is 41.1 Å². The minimum Gasteiger partial charge on any atom is -0.326 e. The first-order valence-corrected chi connectivity index (χ1v) is 11.9. The second-order valence-electron chi connectivity index (χ2n) is 7.67. The van der Waals surface area contributed by atoms with Gasteiger partial charge < -0.3 is 9.88 Å². The lowest BCUT2D eigenvalue weighted by Crippen LogP contribution is -2.35. The molecule has 1 N–H and O–H groups in total. The van der Waals surface area contributed by atoms with Crippen molar-refractivity contribution in [1.82, 2.24) is 13.9 Å². The van der Waals surface area contributed by atoms with E-state index in [0.29, 0.717) is 30.8 Å². The number of carbonyl (C=O) groups is 1. The number of hydrogen-bond donors (Lipinski definition) is 1. The first-order chi connectivity index (χ1) is 15.0. The number of anilines is 1. The van der Waals surface area contributed by atoms with Crippen LogP contribution in [0, 0.1) is 0 Å². The molecule has 1 fully saturated rings. The highest BCUT2D eigenvalue weighted by molar-refractivity contribution is 7.89. The van der Waals surface area contributed by atoms with Crippen molar-refractivity contribution < 1.29 is 13.2 Å². The summed E-state index contributed by atoms with van der Waals surface area (Å²) < 4.78 is 28.9. The average Bonchev–Trinajstić information content (AvgIpc) is 3.34. The van der Waals surface area contributed by atoms with Crippen LogP contribution in [0.1, 0.15) is 31.2 Å². The Balaban J connectivity index is 1.30. The highest BCUT2D eigenvalue weighted by atomic mass is 32.2. The zero-order chi connectivity index (χ0) is 21.7. The van der Waals surface area contributed by atoms with Crippen LogP contribution in [0.2, 0.25) is 0 Å². The molecule has 2 aromatic carbocycles. The number of aromatic nitrogens is 2. The molecule has 1 aliphatic rings. The van der Waals surface area contributed by atoms with Crippen LogP contribution in [0.15, 0.2) is 72.1 Å². The summed E-state index contributed by atoms with van der Waals surface area (Å²) in [6, 6.07) is 14.4. The van der Waals surface area contributed by atoms with Gasteiger partial charge in [0.25, 0.3) is 0 Å². The summed E-state index contributed by atoms with van der Waals surface area (Å²) in [6.45, 7) is 1.18. The van der Waals surface area contributed by atoms with Gasteiger partial charge in [0.05, 0.1) is 11.2 Å². The fourth-order valence-electron chi connectivity index (χ4n) is 3.69. The van der Waals surface area contributed by atoms with Gasteiger partial charge in [-0.15, -0.1) is 0 Å². The highest BCUT2D eigenvalue weighted by Gasteiger charge is 2.25. The molecule has 1 aliphatic heterocycles. The summed E-state index contributed by atoms with van der Waals surface area (Å²) in [7, 11) is -3.42. The molecule has 7 nitrogen and oxygen atoms in total. The van der Waals surface area contributed by atoms with Crippen molar-refractivity contribution in [2.24, 2.45) is 0 Å². The Morgan fingerprint density at radius 1 is 0.968 bits per heavy atom. The Labute approximate surface area is 182 Å². The molecule has 8 heteroatoms. The van der Waals surface area contributed by atoms with Crippen LogP contribution >= 0.6 is 0 Å². The minimum absolute atomic E-state index is 0.0830. The number of imidazole rings is 1. The zero-order valence-electron chi connectivity index (χ0n) is 17.3. The summed E-state index contributed by atoms with van der Waals surface area (Å²) in [6.07, 6.45) is 9.07. The highest BCUT2D eigenvalue weighted by Crippen LogP contribution is 2.21. The molecule has 31 heavy (non-hydrogen) atoms. The smallest absolute Gasteiger partial charge is 0.243 e. The second-order valence-corrected chi connectivity index (χ2v) is 9.61. The maximum absolute atomic E-state index is 12.7. The third kappa shape index (κ3) is 5.21. The molecular weight excluding hydrogens is 412 g/mol. The molecule has 0 atom stereocenters. The lowest BCUT2D eigenvalue weighted by Gasteiger charge is -2.25. The van der Waals surface area contributed by atoms with Crippen LogP contribution in [-0.2, 0) is 21.2 Å². The number of rotatable bonds is 7. The Hall–Kier alpha value is -2.97. The Morgan fingerprint density at radius 2 is 1.68 bits per heavy atom. The van der Waals surface area contributed by atoms with Crippen LogP contribution in [0.3, 0.4) is 0 Å². The van der Waals surface area contributed by atoms with Crippen molar-refractivity contribution in [3.8, 4) is 5.69 Å². The Morgan fingerprint density at radius 3 is 2.32 bits per heavy atom. The quantitative estimate of drug-likeness (QED) is 0.611. The minimum atomic E-state index is -3.42. The van der Waals surface area contributed by atoms with Crippen LogP contribution < -0.4 is 5.32 Å². The molecule has 0 saturated carbocycles. The van der Waals surface area contributed by atoms with Crippen molar-refractivity contribution in [1.29, 1.82) is 0 Å². The molecule has 2 heterocycles. The number of sulfonamides is 1. The SMILES string of the molecule is O=C(CCc1ccc(S(=O)(=O)N2CCCCC2)cc1)Nc1ccc(-n2ccnc2)cc1. The average molecular weight is 439 g/mol. The van der Waals surface area contributed by atoms with Crippen LogP contribution in [-0.4, -0.2) is 41.3 Å². The van der Waals surface area contributed by atoms with Crippen LogP contribution in [0.5, 0.6) is 0 Å². The van der Waals surface area contributed by atoms with Crippen molar-refractivity contribution >= 4 is 21.6 Å². The van der Waals surface area contributed by atoms with E-state index in [0.717, 1.165) is 36.2 Å². The molecule has 0 radical (unpaired) electrons. The van der Waals surface area contributed by atoms with Crippen molar-refractivity contribution in [2.75, 3.05) is 18.4 Å². The molecule has 4 rings (SSSR count). The monoisotopic (exact) mass is 438 g/mol. The van der Waals surface area contributed by atoms with Crippen molar-refractivity contribution in [3.05, 3.63) is 72.8 Å². The van der Waals surface area contributed by atoms with Gasteiger partial charge in [-0.3, -0.25) is 4.79 Å². The largest absolute Gasteiger partial charge is 0.326 e. The molecule has 3 aromatic rings. The topological polar surface area (TPSA) is 84.3 Å². The van der Waals surface area contributed by atoms with Crippen LogP contribution in [0.25, 0.3) is 5.69 Å². The van der Waals surface area contributed by atoms with Gasteiger partial charge in [-0.05, 0) is 61.2 Å². The fraction of sp³-hybridized carbons (Fsp3) is 0.304. The lowest BCUT2D eigenvalue weighted by molar-refractivity contribution is -0.116. The van der Waals surface area contributed by atoms with Crippen molar-refractivity contribution in [3.63, 3.8) is 0 Å². The molecule has 1 saturated heterocycles. The number of aryl methyl sites for hydroxylation is 1. The van der Waals surface area contributed by atoms with E-state index in [4.69, 9.17) is 0 Å². The van der Waals surface area contributed by atoms with E-state index in [2.05, 4.69) is 10.3 Å². The summed E-state index contributed by atoms with van der Waals surface area (Å²) in [5.74, 6) is -0.0830. The predicted octanol–water partition coefficient (Wildman–Crippen LogP) is 3.62. The molecule has 1 amide bonds. The Bertz CT molecular complexity index is 1100. The maximum Gasteiger partial charge on any atom is 0.243 e. The van der Waals surface area contributed by atoms with Gasteiger partial charge in [0, 0.05) is 43.3 Å².